The van der Waals surface area contributed by atoms with Crippen LogP contribution < -0.4 is 15.2 Å². The molecule has 0 bridgehead atoms. The number of hydrogen-bond donors (Lipinski definition) is 2. The number of nitrogens with two attached hydrogens (primary N) is 1. The van der Waals surface area contributed by atoms with E-state index in [4.69, 9.17) is 43.8 Å². The maximum atomic E-state index is 7.57. The minimum absolute atomic E-state index is 0.101. The van der Waals surface area contributed by atoms with Crippen molar-refractivity contribution in [3.63, 3.8) is 0 Å². The Hall–Kier alpha value is -1.37. The molecule has 0 saturated carbocycles. The summed E-state index contributed by atoms with van der Waals surface area (Å²) >= 11 is 13.7. The van der Waals surface area contributed by atoms with Gasteiger partial charge in [0.05, 0.1) is 10.0 Å². The molecule has 1 unspecified atom stereocenters. The number of nitrogens with one attached hydrogen (secondary N) is 1. The predicted octanol–water partition coefficient (Wildman–Crippen LogP) is 4.33. The summed E-state index contributed by atoms with van der Waals surface area (Å²) in [6.45, 7) is 8.78. The summed E-state index contributed by atoms with van der Waals surface area (Å²) in [6, 6.07) is 0. The van der Waals surface area contributed by atoms with Gasteiger partial charge < -0.3 is 20.1 Å². The summed E-state index contributed by atoms with van der Waals surface area (Å²) in [4.78, 5) is 4.21. The van der Waals surface area contributed by atoms with E-state index in [2.05, 4.69) is 18.7 Å². The van der Waals surface area contributed by atoms with Crippen molar-refractivity contribution in [3.05, 3.63) is 21.2 Å². The van der Waals surface area contributed by atoms with Crippen LogP contribution in [0.1, 0.15) is 50.7 Å². The lowest BCUT2D eigenvalue weighted by atomic mass is 9.96. The zero-order valence-corrected chi connectivity index (χ0v) is 19.6. The first kappa shape index (κ1) is 23.3. The lowest BCUT2D eigenvalue weighted by Gasteiger charge is -2.38. The minimum atomic E-state index is -0.101. The third-order valence-corrected chi connectivity index (χ3v) is 6.73. The van der Waals surface area contributed by atoms with Gasteiger partial charge in [0.2, 0.25) is 0 Å². The number of fused-ring (bicyclic) bond motifs is 1. The highest BCUT2D eigenvalue weighted by Gasteiger charge is 2.31. The van der Waals surface area contributed by atoms with Crippen molar-refractivity contribution in [2.75, 3.05) is 39.3 Å². The number of benzene rings is 1. The summed E-state index contributed by atoms with van der Waals surface area (Å²) in [5.41, 5.74) is 7.83. The van der Waals surface area contributed by atoms with Gasteiger partial charge in [-0.2, -0.15) is 0 Å². The number of nitrogens with zero attached hydrogens (tertiary/aromatic N) is 2. The summed E-state index contributed by atoms with van der Waals surface area (Å²) in [5, 5.41) is 8.91. The number of rotatable bonds is 8. The summed E-state index contributed by atoms with van der Waals surface area (Å²) < 4.78 is 12.4. The zero-order valence-electron chi connectivity index (χ0n) is 18.1. The Bertz CT molecular complexity index is 751. The molecule has 8 heteroatoms. The van der Waals surface area contributed by atoms with E-state index >= 15 is 0 Å². The normalized spacial score (nSPS) is 19.2. The maximum absolute atomic E-state index is 7.57. The Balaban J connectivity index is 1.75. The number of ether oxygens (including phenoxy) is 2. The second-order valence-corrected chi connectivity index (χ2v) is 8.93. The van der Waals surface area contributed by atoms with Gasteiger partial charge in [0.25, 0.3) is 0 Å². The lowest BCUT2D eigenvalue weighted by molar-refractivity contribution is 0.0481. The van der Waals surface area contributed by atoms with E-state index in [-0.39, 0.29) is 12.1 Å². The van der Waals surface area contributed by atoms with Crippen molar-refractivity contribution >= 4 is 29.2 Å². The Morgan fingerprint density at radius 1 is 1.00 bits per heavy atom. The van der Waals surface area contributed by atoms with Crippen LogP contribution in [-0.4, -0.2) is 61.2 Å². The predicted molar refractivity (Wildman–Crippen MR) is 124 cm³/mol. The van der Waals surface area contributed by atoms with Crippen LogP contribution in [0.5, 0.6) is 11.5 Å². The van der Waals surface area contributed by atoms with Gasteiger partial charge in [-0.1, -0.05) is 49.9 Å². The first-order chi connectivity index (χ1) is 14.5. The van der Waals surface area contributed by atoms with Crippen LogP contribution in [0.3, 0.4) is 0 Å². The maximum Gasteiger partial charge on any atom is 0.188 e. The van der Waals surface area contributed by atoms with E-state index in [0.717, 1.165) is 82.4 Å². The zero-order chi connectivity index (χ0) is 21.7. The van der Waals surface area contributed by atoms with Crippen LogP contribution in [0.15, 0.2) is 0 Å². The van der Waals surface area contributed by atoms with Crippen molar-refractivity contribution in [2.24, 2.45) is 5.73 Å². The quantitative estimate of drug-likeness (QED) is 0.449. The van der Waals surface area contributed by atoms with Crippen molar-refractivity contribution in [3.8, 4) is 11.5 Å². The van der Waals surface area contributed by atoms with E-state index < -0.39 is 0 Å². The second-order valence-electron chi connectivity index (χ2n) is 8.17. The molecule has 2 heterocycles. The number of halogens is 2. The van der Waals surface area contributed by atoms with E-state index in [9.17, 15) is 0 Å². The Morgan fingerprint density at radius 3 is 2.10 bits per heavy atom. The minimum Gasteiger partial charge on any atom is -0.484 e. The molecule has 1 aromatic rings. The largest absolute Gasteiger partial charge is 0.484 e. The number of unbranched alkanes of at least 4 members (excludes halogenated alkanes) is 2. The highest BCUT2D eigenvalue weighted by atomic mass is 35.5. The number of guanidine groups is 1. The molecule has 30 heavy (non-hydrogen) atoms. The Morgan fingerprint density at radius 2 is 1.57 bits per heavy atom. The van der Waals surface area contributed by atoms with Crippen molar-refractivity contribution in [1.82, 2.24) is 9.80 Å². The summed E-state index contributed by atoms with van der Waals surface area (Å²) in [5.74, 6) is 1.35. The van der Waals surface area contributed by atoms with E-state index in [0.29, 0.717) is 28.2 Å². The van der Waals surface area contributed by atoms with Crippen LogP contribution in [0, 0.1) is 5.41 Å². The van der Waals surface area contributed by atoms with Gasteiger partial charge in [0.1, 0.15) is 12.7 Å². The van der Waals surface area contributed by atoms with Crippen molar-refractivity contribution < 1.29 is 9.47 Å². The van der Waals surface area contributed by atoms with Crippen LogP contribution >= 0.6 is 23.2 Å². The molecule has 0 spiro atoms. The van der Waals surface area contributed by atoms with Gasteiger partial charge in [-0.05, 0) is 36.8 Å². The van der Waals surface area contributed by atoms with Gasteiger partial charge in [0, 0.05) is 32.7 Å². The van der Waals surface area contributed by atoms with Gasteiger partial charge in [-0.15, -0.1) is 0 Å². The number of hydrogen-bond acceptors (Lipinski definition) is 4. The smallest absolute Gasteiger partial charge is 0.188 e. The molecule has 0 aliphatic carbocycles. The molecule has 3 N–H and O–H groups in total. The van der Waals surface area contributed by atoms with E-state index in [1.54, 1.807) is 0 Å². The molecule has 168 valence electrons. The van der Waals surface area contributed by atoms with Crippen LogP contribution in [0.25, 0.3) is 0 Å². The average molecular weight is 457 g/mol. The van der Waals surface area contributed by atoms with Crippen LogP contribution in [0.2, 0.25) is 10.0 Å². The molecule has 0 amide bonds. The van der Waals surface area contributed by atoms with Gasteiger partial charge in [-0.3, -0.25) is 10.3 Å². The monoisotopic (exact) mass is 456 g/mol. The highest BCUT2D eigenvalue weighted by Crippen LogP contribution is 2.49. The first-order valence-corrected chi connectivity index (χ1v) is 11.8. The molecule has 6 nitrogen and oxygen atoms in total. The molecule has 2 aliphatic rings. The van der Waals surface area contributed by atoms with Gasteiger partial charge in [-0.25, -0.2) is 0 Å². The second kappa shape index (κ2) is 10.8. The molecular weight excluding hydrogens is 423 g/mol. The average Bonchev–Trinajstić information content (AvgIpc) is 2.75. The summed E-state index contributed by atoms with van der Waals surface area (Å²) in [6.07, 6.45) is 6.06. The van der Waals surface area contributed by atoms with Gasteiger partial charge >= 0.3 is 0 Å². The topological polar surface area (TPSA) is 74.8 Å². The van der Waals surface area contributed by atoms with Crippen molar-refractivity contribution in [2.45, 2.75) is 58.5 Å². The SMILES string of the molecule is CCCCc1c(Cl)c2c(c(Cl)c1CCCC)OC(CN1CCN(C(=N)N)CC1)CO2. The molecule has 1 aromatic carbocycles. The fraction of sp³-hybridized carbons (Fsp3) is 0.682. The van der Waals surface area contributed by atoms with Gasteiger partial charge in [0.15, 0.2) is 17.5 Å². The molecule has 1 fully saturated rings. The standard InChI is InChI=1S/C22H34Cl2N4O2/c1-3-5-7-16-17(8-6-4-2)19(24)21-20(18(16)23)29-14-15(30-21)13-27-9-11-28(12-10-27)22(25)26/h15H,3-14H2,1-2H3,(H3,25,26). The highest BCUT2D eigenvalue weighted by molar-refractivity contribution is 6.37. The third kappa shape index (κ3) is 5.27. The molecule has 0 radical (unpaired) electrons. The third-order valence-electron chi connectivity index (χ3n) is 5.93. The Kier molecular flexibility index (Phi) is 8.37. The fourth-order valence-electron chi connectivity index (χ4n) is 4.13. The number of piperazine rings is 1. The molecule has 3 rings (SSSR count). The molecule has 2 aliphatic heterocycles. The lowest BCUT2D eigenvalue weighted by Crippen LogP contribution is -2.53. The first-order valence-electron chi connectivity index (χ1n) is 11.1. The van der Waals surface area contributed by atoms with E-state index in [1.165, 1.54) is 0 Å². The fourth-order valence-corrected chi connectivity index (χ4v) is 4.82. The molecule has 1 saturated heterocycles. The molecule has 0 aromatic heterocycles. The van der Waals surface area contributed by atoms with E-state index in [1.807, 2.05) is 4.90 Å². The molecular formula is C22H34Cl2N4O2. The van der Waals surface area contributed by atoms with Crippen LogP contribution in [-0.2, 0) is 12.8 Å². The Labute approximate surface area is 190 Å². The van der Waals surface area contributed by atoms with Crippen LogP contribution in [0.4, 0.5) is 0 Å². The van der Waals surface area contributed by atoms with Crippen molar-refractivity contribution in [1.29, 1.82) is 5.41 Å². The summed E-state index contributed by atoms with van der Waals surface area (Å²) in [7, 11) is 0. The molecule has 1 atom stereocenters.